The summed E-state index contributed by atoms with van der Waals surface area (Å²) in [6.45, 7) is 10.4. The number of pyridine rings is 1. The quantitative estimate of drug-likeness (QED) is 0.848. The van der Waals surface area contributed by atoms with E-state index in [0.29, 0.717) is 23.6 Å². The molecule has 0 fully saturated rings. The SMILES string of the molecule is CC(C)CNCc1ccnc(Oc2cnn(C(C)C)c2)c1. The van der Waals surface area contributed by atoms with E-state index in [1.54, 1.807) is 12.4 Å². The Bertz CT molecular complexity index is 563. The number of nitrogens with one attached hydrogen (secondary N) is 1. The van der Waals surface area contributed by atoms with E-state index < -0.39 is 0 Å². The van der Waals surface area contributed by atoms with Crippen molar-refractivity contribution in [1.82, 2.24) is 20.1 Å². The number of nitrogens with zero attached hydrogens (tertiary/aromatic N) is 3. The standard InChI is InChI=1S/C16H24N4O/c1-12(2)8-17-9-14-5-6-18-16(7-14)21-15-10-19-20(11-15)13(3)4/h5-7,10-13,17H,8-9H2,1-4H3. The minimum atomic E-state index is 0.321. The normalized spacial score (nSPS) is 11.3. The minimum absolute atomic E-state index is 0.321. The molecule has 0 aliphatic rings. The Balaban J connectivity index is 1.96. The van der Waals surface area contributed by atoms with Crippen molar-refractivity contribution in [3.8, 4) is 11.6 Å². The highest BCUT2D eigenvalue weighted by Crippen LogP contribution is 2.20. The molecule has 0 radical (unpaired) electrons. The number of hydrogen-bond acceptors (Lipinski definition) is 4. The molecule has 0 bridgehead atoms. The van der Waals surface area contributed by atoms with Crippen LogP contribution in [0.1, 0.15) is 39.3 Å². The molecule has 2 aromatic rings. The van der Waals surface area contributed by atoms with Crippen LogP contribution in [0.25, 0.3) is 0 Å². The second-order valence-corrected chi connectivity index (χ2v) is 5.88. The van der Waals surface area contributed by atoms with Crippen LogP contribution in [-0.2, 0) is 6.54 Å². The summed E-state index contributed by atoms with van der Waals surface area (Å²) in [6, 6.07) is 4.28. The highest BCUT2D eigenvalue weighted by atomic mass is 16.5. The summed E-state index contributed by atoms with van der Waals surface area (Å²) >= 11 is 0. The molecular formula is C16H24N4O. The predicted octanol–water partition coefficient (Wildman–Crippen LogP) is 3.40. The number of hydrogen-bond donors (Lipinski definition) is 1. The second kappa shape index (κ2) is 7.22. The first-order valence-electron chi connectivity index (χ1n) is 7.42. The molecule has 1 N–H and O–H groups in total. The van der Waals surface area contributed by atoms with E-state index in [2.05, 4.69) is 43.1 Å². The van der Waals surface area contributed by atoms with Gasteiger partial charge in [0.25, 0.3) is 0 Å². The van der Waals surface area contributed by atoms with Crippen LogP contribution in [0.3, 0.4) is 0 Å². The first-order chi connectivity index (χ1) is 10.0. The van der Waals surface area contributed by atoms with Gasteiger partial charge < -0.3 is 10.1 Å². The van der Waals surface area contributed by atoms with Crippen molar-refractivity contribution in [3.05, 3.63) is 36.3 Å². The van der Waals surface area contributed by atoms with Crippen LogP contribution in [0, 0.1) is 5.92 Å². The summed E-state index contributed by atoms with van der Waals surface area (Å²) < 4.78 is 7.62. The van der Waals surface area contributed by atoms with E-state index in [9.17, 15) is 0 Å². The minimum Gasteiger partial charge on any atom is -0.436 e. The molecular weight excluding hydrogens is 264 g/mol. The van der Waals surface area contributed by atoms with Crippen LogP contribution in [0.2, 0.25) is 0 Å². The van der Waals surface area contributed by atoms with Gasteiger partial charge in [-0.1, -0.05) is 13.8 Å². The zero-order valence-electron chi connectivity index (χ0n) is 13.2. The van der Waals surface area contributed by atoms with Crippen LogP contribution in [0.15, 0.2) is 30.7 Å². The summed E-state index contributed by atoms with van der Waals surface area (Å²) in [5, 5.41) is 7.67. The number of rotatable bonds is 7. The van der Waals surface area contributed by atoms with Gasteiger partial charge in [0.05, 0.1) is 12.4 Å². The molecule has 0 saturated carbocycles. The molecule has 0 spiro atoms. The Labute approximate surface area is 126 Å². The van der Waals surface area contributed by atoms with Gasteiger partial charge in [-0.3, -0.25) is 4.68 Å². The van der Waals surface area contributed by atoms with Gasteiger partial charge in [0.1, 0.15) is 0 Å². The Hall–Kier alpha value is -1.88. The fourth-order valence-electron chi connectivity index (χ4n) is 1.90. The summed E-state index contributed by atoms with van der Waals surface area (Å²) in [6.07, 6.45) is 5.37. The maximum Gasteiger partial charge on any atom is 0.219 e. The lowest BCUT2D eigenvalue weighted by molar-refractivity contribution is 0.457. The van der Waals surface area contributed by atoms with Crippen LogP contribution in [0.4, 0.5) is 0 Å². The molecule has 2 aromatic heterocycles. The Morgan fingerprint density at radius 2 is 2.10 bits per heavy atom. The highest BCUT2D eigenvalue weighted by molar-refractivity contribution is 5.25. The van der Waals surface area contributed by atoms with Gasteiger partial charge in [0.2, 0.25) is 5.88 Å². The van der Waals surface area contributed by atoms with Gasteiger partial charge >= 0.3 is 0 Å². The summed E-state index contributed by atoms with van der Waals surface area (Å²) in [5.41, 5.74) is 1.16. The Kier molecular flexibility index (Phi) is 5.33. The fourth-order valence-corrected chi connectivity index (χ4v) is 1.90. The van der Waals surface area contributed by atoms with Crippen molar-refractivity contribution in [1.29, 1.82) is 0 Å². The summed E-state index contributed by atoms with van der Waals surface area (Å²) in [7, 11) is 0. The largest absolute Gasteiger partial charge is 0.436 e. The van der Waals surface area contributed by atoms with Crippen LogP contribution in [-0.4, -0.2) is 21.3 Å². The molecule has 5 heteroatoms. The van der Waals surface area contributed by atoms with E-state index in [4.69, 9.17) is 4.74 Å². The molecule has 2 rings (SSSR count). The predicted molar refractivity (Wildman–Crippen MR) is 83.5 cm³/mol. The van der Waals surface area contributed by atoms with Crippen molar-refractivity contribution in [3.63, 3.8) is 0 Å². The molecule has 0 aliphatic carbocycles. The summed E-state index contributed by atoms with van der Waals surface area (Å²) in [4.78, 5) is 4.24. The smallest absolute Gasteiger partial charge is 0.219 e. The zero-order valence-corrected chi connectivity index (χ0v) is 13.2. The zero-order chi connectivity index (χ0) is 15.2. The topological polar surface area (TPSA) is 52.0 Å². The van der Waals surface area contributed by atoms with Gasteiger partial charge in [-0.25, -0.2) is 4.98 Å². The molecule has 0 aromatic carbocycles. The van der Waals surface area contributed by atoms with Gasteiger partial charge in [0.15, 0.2) is 5.75 Å². The molecule has 21 heavy (non-hydrogen) atoms. The van der Waals surface area contributed by atoms with Gasteiger partial charge in [0, 0.05) is 24.8 Å². The number of ether oxygens (including phenoxy) is 1. The average molecular weight is 288 g/mol. The van der Waals surface area contributed by atoms with Crippen LogP contribution in [0.5, 0.6) is 11.6 Å². The van der Waals surface area contributed by atoms with Crippen LogP contribution >= 0.6 is 0 Å². The van der Waals surface area contributed by atoms with Crippen molar-refractivity contribution in [2.24, 2.45) is 5.92 Å². The lowest BCUT2D eigenvalue weighted by Crippen LogP contribution is -2.18. The first-order valence-corrected chi connectivity index (χ1v) is 7.42. The molecule has 0 saturated heterocycles. The van der Waals surface area contributed by atoms with Gasteiger partial charge in [-0.05, 0) is 37.9 Å². The van der Waals surface area contributed by atoms with E-state index in [0.717, 1.165) is 18.7 Å². The third kappa shape index (κ3) is 4.86. The molecule has 0 aliphatic heterocycles. The van der Waals surface area contributed by atoms with E-state index in [1.807, 2.05) is 23.0 Å². The first kappa shape index (κ1) is 15.5. The molecule has 114 valence electrons. The monoisotopic (exact) mass is 288 g/mol. The van der Waals surface area contributed by atoms with Gasteiger partial charge in [-0.2, -0.15) is 5.10 Å². The van der Waals surface area contributed by atoms with Crippen molar-refractivity contribution < 1.29 is 4.74 Å². The second-order valence-electron chi connectivity index (χ2n) is 5.88. The molecule has 0 unspecified atom stereocenters. The van der Waals surface area contributed by atoms with E-state index in [1.165, 1.54) is 0 Å². The van der Waals surface area contributed by atoms with Gasteiger partial charge in [-0.15, -0.1) is 0 Å². The molecule has 2 heterocycles. The molecule has 0 atom stereocenters. The third-order valence-electron chi connectivity index (χ3n) is 3.01. The lowest BCUT2D eigenvalue weighted by atomic mass is 10.2. The van der Waals surface area contributed by atoms with Crippen molar-refractivity contribution in [2.45, 2.75) is 40.3 Å². The van der Waals surface area contributed by atoms with E-state index in [-0.39, 0.29) is 0 Å². The van der Waals surface area contributed by atoms with Crippen LogP contribution < -0.4 is 10.1 Å². The maximum atomic E-state index is 5.76. The fraction of sp³-hybridized carbons (Fsp3) is 0.500. The molecule has 5 nitrogen and oxygen atoms in total. The maximum absolute atomic E-state index is 5.76. The average Bonchev–Trinajstić information content (AvgIpc) is 2.87. The number of aromatic nitrogens is 3. The lowest BCUT2D eigenvalue weighted by Gasteiger charge is -2.08. The highest BCUT2D eigenvalue weighted by Gasteiger charge is 2.05. The Morgan fingerprint density at radius 1 is 1.29 bits per heavy atom. The van der Waals surface area contributed by atoms with Crippen molar-refractivity contribution >= 4 is 0 Å². The van der Waals surface area contributed by atoms with E-state index >= 15 is 0 Å². The van der Waals surface area contributed by atoms with Crippen molar-refractivity contribution in [2.75, 3.05) is 6.54 Å². The Morgan fingerprint density at radius 3 is 2.76 bits per heavy atom. The molecule has 0 amide bonds. The third-order valence-corrected chi connectivity index (χ3v) is 3.01. The summed E-state index contributed by atoms with van der Waals surface area (Å²) in [5.74, 6) is 1.95.